The zero-order valence-corrected chi connectivity index (χ0v) is 26.7. The van der Waals surface area contributed by atoms with Gasteiger partial charge in [0.2, 0.25) is 17.5 Å². The van der Waals surface area contributed by atoms with Crippen LogP contribution in [0.2, 0.25) is 0 Å². The number of aromatic hydroxyl groups is 3. The molecule has 3 heterocycles. The van der Waals surface area contributed by atoms with E-state index >= 15 is 0 Å². The van der Waals surface area contributed by atoms with E-state index in [0.717, 1.165) is 32.9 Å². The molecule has 50 heavy (non-hydrogen) atoms. The number of ether oxygens (including phenoxy) is 7. The van der Waals surface area contributed by atoms with Gasteiger partial charge in [-0.25, -0.2) is 0 Å². The van der Waals surface area contributed by atoms with Crippen LogP contribution < -0.4 is 10.2 Å². The van der Waals surface area contributed by atoms with Gasteiger partial charge in [0.05, 0.1) is 6.61 Å². The van der Waals surface area contributed by atoms with Crippen molar-refractivity contribution in [3.8, 4) is 34.3 Å². The van der Waals surface area contributed by atoms with Gasteiger partial charge in [-0.1, -0.05) is 0 Å². The lowest BCUT2D eigenvalue weighted by Crippen LogP contribution is -2.60. The first kappa shape index (κ1) is 36.3. The van der Waals surface area contributed by atoms with E-state index in [1.807, 2.05) is 0 Å². The molecule has 2 aliphatic rings. The Kier molecular flexibility index (Phi) is 10.8. The highest BCUT2D eigenvalue weighted by molar-refractivity contribution is 5.88. The van der Waals surface area contributed by atoms with Gasteiger partial charge in [0.15, 0.2) is 24.3 Å². The summed E-state index contributed by atoms with van der Waals surface area (Å²) in [6.45, 7) is 2.25. The minimum absolute atomic E-state index is 0.125. The molecule has 0 amide bonds. The molecule has 0 spiro atoms. The van der Waals surface area contributed by atoms with E-state index in [2.05, 4.69) is 0 Å². The third-order valence-corrected chi connectivity index (χ3v) is 7.70. The topological polar surface area (TPSA) is 267 Å². The maximum Gasteiger partial charge on any atom is 0.303 e. The highest BCUT2D eigenvalue weighted by Gasteiger charge is 2.52. The van der Waals surface area contributed by atoms with Gasteiger partial charge in [0, 0.05) is 38.5 Å². The van der Waals surface area contributed by atoms with Crippen molar-refractivity contribution in [1.82, 2.24) is 0 Å². The molecule has 0 unspecified atom stereocenters. The van der Waals surface area contributed by atoms with Crippen LogP contribution in [0.1, 0.15) is 20.8 Å². The molecule has 18 nitrogen and oxygen atoms in total. The Hall–Kier alpha value is -4.98. The second-order valence-electron chi connectivity index (χ2n) is 11.4. The summed E-state index contributed by atoms with van der Waals surface area (Å²) in [6, 6.07) is 7.24. The lowest BCUT2D eigenvalue weighted by Gasteiger charge is -2.40. The number of benzene rings is 2. The van der Waals surface area contributed by atoms with E-state index in [0.29, 0.717) is 0 Å². The Bertz CT molecular complexity index is 1790. The molecule has 2 aliphatic heterocycles. The van der Waals surface area contributed by atoms with Crippen molar-refractivity contribution >= 4 is 28.9 Å². The molecule has 2 saturated heterocycles. The first-order valence-electron chi connectivity index (χ1n) is 15.1. The van der Waals surface area contributed by atoms with Gasteiger partial charge >= 0.3 is 17.9 Å². The average Bonchev–Trinajstić information content (AvgIpc) is 3.34. The standard InChI is InChI=1S/C32H34O18/c1-12(33)43-11-21-28(45-13(2)34)30(46-14(3)35)32(49-21)44-10-20-23(39)25(41)26(42)31(48-20)50-29-24(40)22-18(38)8-17(37)9-19(22)47-27(29)15-4-6-16(36)7-5-15/h4-9,20-21,23,25-26,28,30-32,36-39,41-42H,10-11H2,1-3H3/t20-,21+,23-,25+,26-,28+,30-,31+,32-/m1/s1. The summed E-state index contributed by atoms with van der Waals surface area (Å²) in [5.74, 6) is -4.38. The fourth-order valence-electron chi connectivity index (χ4n) is 5.45. The van der Waals surface area contributed by atoms with Crippen molar-refractivity contribution in [3.05, 3.63) is 46.6 Å². The van der Waals surface area contributed by atoms with Crippen molar-refractivity contribution < 1.29 is 82.6 Å². The summed E-state index contributed by atoms with van der Waals surface area (Å²) in [5.41, 5.74) is -1.05. The van der Waals surface area contributed by atoms with E-state index in [4.69, 9.17) is 37.6 Å². The number of phenols is 3. The summed E-state index contributed by atoms with van der Waals surface area (Å²) < 4.78 is 44.4. The number of carbonyl (C=O) groups excluding carboxylic acids is 3. The van der Waals surface area contributed by atoms with Crippen molar-refractivity contribution in [2.75, 3.05) is 13.2 Å². The Balaban J connectivity index is 1.43. The zero-order chi connectivity index (χ0) is 36.4. The molecule has 0 bridgehead atoms. The van der Waals surface area contributed by atoms with Gasteiger partial charge in [0.25, 0.3) is 0 Å². The fraction of sp³-hybridized carbons (Fsp3) is 0.438. The van der Waals surface area contributed by atoms with Crippen LogP contribution in [-0.4, -0.2) is 117 Å². The highest BCUT2D eigenvalue weighted by atomic mass is 16.8. The third-order valence-electron chi connectivity index (χ3n) is 7.70. The van der Waals surface area contributed by atoms with Crippen molar-refractivity contribution in [2.24, 2.45) is 0 Å². The number of rotatable bonds is 10. The predicted octanol–water partition coefficient (Wildman–Crippen LogP) is -0.0688. The zero-order valence-electron chi connectivity index (χ0n) is 26.7. The van der Waals surface area contributed by atoms with Gasteiger partial charge in [0.1, 0.15) is 65.3 Å². The van der Waals surface area contributed by atoms with E-state index in [-0.39, 0.29) is 22.7 Å². The maximum absolute atomic E-state index is 13.7. The SMILES string of the molecule is CC(=O)OC[C@@H]1O[C@@H](OC[C@H]2O[C@@H](Oc3c(-c4ccc(O)cc4)oc4cc(O)cc(O)c4c3=O)[C@H](O)[C@@H](O)[C@@H]2O)[C@H](OC(C)=O)[C@H]1OC(C)=O. The fourth-order valence-corrected chi connectivity index (χ4v) is 5.45. The number of carbonyl (C=O) groups is 3. The monoisotopic (exact) mass is 706 g/mol. The Morgan fingerprint density at radius 1 is 0.740 bits per heavy atom. The Morgan fingerprint density at radius 3 is 2.02 bits per heavy atom. The normalized spacial score (nSPS) is 27.8. The number of fused-ring (bicyclic) bond motifs is 1. The molecule has 0 aliphatic carbocycles. The summed E-state index contributed by atoms with van der Waals surface area (Å²) >= 11 is 0. The second kappa shape index (κ2) is 14.9. The van der Waals surface area contributed by atoms with E-state index in [1.165, 1.54) is 24.3 Å². The Labute approximate surface area is 281 Å². The lowest BCUT2D eigenvalue weighted by atomic mass is 9.99. The summed E-state index contributed by atoms with van der Waals surface area (Å²) in [7, 11) is 0. The summed E-state index contributed by atoms with van der Waals surface area (Å²) in [6.07, 6.45) is -14.5. The first-order chi connectivity index (χ1) is 23.6. The lowest BCUT2D eigenvalue weighted by molar-refractivity contribution is -0.290. The molecule has 18 heteroatoms. The number of aliphatic hydroxyl groups excluding tert-OH is 3. The van der Waals surface area contributed by atoms with Crippen molar-refractivity contribution in [3.63, 3.8) is 0 Å². The average molecular weight is 707 g/mol. The minimum atomic E-state index is -1.98. The van der Waals surface area contributed by atoms with Gasteiger partial charge < -0.3 is 68.2 Å². The molecule has 9 atom stereocenters. The van der Waals surface area contributed by atoms with Crippen LogP contribution in [0.3, 0.4) is 0 Å². The molecule has 5 rings (SSSR count). The van der Waals surface area contributed by atoms with Gasteiger partial charge in [-0.15, -0.1) is 0 Å². The summed E-state index contributed by atoms with van der Waals surface area (Å²) in [4.78, 5) is 48.9. The van der Waals surface area contributed by atoms with Crippen LogP contribution in [0, 0.1) is 0 Å². The van der Waals surface area contributed by atoms with Gasteiger partial charge in [-0.05, 0) is 24.3 Å². The molecule has 2 aromatic carbocycles. The number of hydrogen-bond donors (Lipinski definition) is 6. The first-order valence-corrected chi connectivity index (χ1v) is 15.1. The van der Waals surface area contributed by atoms with Crippen molar-refractivity contribution in [2.45, 2.75) is 76.1 Å². The van der Waals surface area contributed by atoms with E-state index in [9.17, 15) is 49.8 Å². The number of aliphatic hydroxyl groups is 3. The second-order valence-corrected chi connectivity index (χ2v) is 11.4. The van der Waals surface area contributed by atoms with E-state index in [1.54, 1.807) is 0 Å². The van der Waals surface area contributed by atoms with Crippen LogP contribution in [0.25, 0.3) is 22.3 Å². The largest absolute Gasteiger partial charge is 0.508 e. The molecule has 6 N–H and O–H groups in total. The summed E-state index contributed by atoms with van der Waals surface area (Å²) in [5, 5.41) is 62.2. The van der Waals surface area contributed by atoms with Crippen LogP contribution >= 0.6 is 0 Å². The predicted molar refractivity (Wildman–Crippen MR) is 163 cm³/mol. The Morgan fingerprint density at radius 2 is 1.38 bits per heavy atom. The molecule has 3 aromatic rings. The van der Waals surface area contributed by atoms with E-state index < -0.39 is 114 Å². The molecule has 0 saturated carbocycles. The molecule has 0 radical (unpaired) electrons. The molecular weight excluding hydrogens is 672 g/mol. The molecule has 1 aromatic heterocycles. The molecule has 2 fully saturated rings. The quantitative estimate of drug-likeness (QED) is 0.119. The van der Waals surface area contributed by atoms with Gasteiger partial charge in [-0.3, -0.25) is 19.2 Å². The molecular formula is C32H34O18. The van der Waals surface area contributed by atoms with Crippen LogP contribution in [-0.2, 0) is 42.8 Å². The number of phenolic OH excluding ortho intramolecular Hbond substituents is 3. The number of esters is 3. The van der Waals surface area contributed by atoms with Crippen LogP contribution in [0.4, 0.5) is 0 Å². The molecule has 270 valence electrons. The number of hydrogen-bond acceptors (Lipinski definition) is 18. The smallest absolute Gasteiger partial charge is 0.303 e. The van der Waals surface area contributed by atoms with Crippen molar-refractivity contribution in [1.29, 1.82) is 0 Å². The van der Waals surface area contributed by atoms with Gasteiger partial charge in [-0.2, -0.15) is 0 Å². The van der Waals surface area contributed by atoms with Crippen LogP contribution in [0.15, 0.2) is 45.6 Å². The van der Waals surface area contributed by atoms with Crippen LogP contribution in [0.5, 0.6) is 23.0 Å². The highest BCUT2D eigenvalue weighted by Crippen LogP contribution is 2.38. The minimum Gasteiger partial charge on any atom is -0.508 e. The maximum atomic E-state index is 13.7. The third kappa shape index (κ3) is 7.75.